The highest BCUT2D eigenvalue weighted by Crippen LogP contribution is 2.23. The molecule has 0 bridgehead atoms. The topological polar surface area (TPSA) is 65.8 Å². The normalized spacial score (nSPS) is 12.4. The zero-order valence-electron chi connectivity index (χ0n) is 15.5. The third kappa shape index (κ3) is 4.57. The number of nitrogens with one attached hydrogen (secondary N) is 1. The summed E-state index contributed by atoms with van der Waals surface area (Å²) in [6.07, 6.45) is 3.20. The fraction of sp³-hybridized carbons (Fsp3) is 0.174. The first-order chi connectivity index (χ1) is 13.6. The second kappa shape index (κ2) is 9.16. The number of aromatic nitrogens is 1. The summed E-state index contributed by atoms with van der Waals surface area (Å²) in [7, 11) is 0. The molecule has 28 heavy (non-hydrogen) atoms. The highest BCUT2D eigenvalue weighted by molar-refractivity contribution is 6.35. The van der Waals surface area contributed by atoms with Gasteiger partial charge in [-0.15, -0.1) is 0 Å². The number of rotatable bonds is 6. The summed E-state index contributed by atoms with van der Waals surface area (Å²) >= 11 is 6.21. The summed E-state index contributed by atoms with van der Waals surface area (Å²) in [4.78, 5) is 17.2. The monoisotopic (exact) mass is 389 g/mol. The Balaban J connectivity index is 1.86. The number of para-hydroxylation sites is 1. The molecule has 0 aliphatic heterocycles. The van der Waals surface area contributed by atoms with Crippen molar-refractivity contribution in [1.29, 1.82) is 5.26 Å². The van der Waals surface area contributed by atoms with Crippen molar-refractivity contribution in [2.45, 2.75) is 25.8 Å². The van der Waals surface area contributed by atoms with Crippen LogP contribution in [0.5, 0.6) is 0 Å². The molecule has 2 aromatic carbocycles. The number of benzene rings is 2. The SMILES string of the molecule is CCC[C@H](NC(=O)C(C#N)=Cc1ccc2cccc(Cl)c2n1)c1ccccc1. The van der Waals surface area contributed by atoms with Crippen molar-refractivity contribution < 1.29 is 4.79 Å². The lowest BCUT2D eigenvalue weighted by Gasteiger charge is -2.18. The summed E-state index contributed by atoms with van der Waals surface area (Å²) in [6.45, 7) is 2.06. The van der Waals surface area contributed by atoms with Crippen molar-refractivity contribution in [1.82, 2.24) is 10.3 Å². The third-order valence-electron chi connectivity index (χ3n) is 4.43. The van der Waals surface area contributed by atoms with Gasteiger partial charge >= 0.3 is 0 Å². The van der Waals surface area contributed by atoms with Gasteiger partial charge in [0.15, 0.2) is 0 Å². The van der Waals surface area contributed by atoms with Gasteiger partial charge in [0.25, 0.3) is 5.91 Å². The largest absolute Gasteiger partial charge is 0.345 e. The Hall–Kier alpha value is -3.16. The highest BCUT2D eigenvalue weighted by Gasteiger charge is 2.17. The minimum absolute atomic E-state index is 0.0101. The minimum Gasteiger partial charge on any atom is -0.345 e. The Morgan fingerprint density at radius 2 is 1.96 bits per heavy atom. The maximum absolute atomic E-state index is 12.7. The minimum atomic E-state index is -0.411. The molecule has 0 aliphatic rings. The van der Waals surface area contributed by atoms with E-state index in [0.717, 1.165) is 23.8 Å². The Labute approximate surface area is 169 Å². The Kier molecular flexibility index (Phi) is 6.41. The molecule has 4 nitrogen and oxygen atoms in total. The van der Waals surface area contributed by atoms with Crippen LogP contribution in [0.4, 0.5) is 0 Å². The van der Waals surface area contributed by atoms with Gasteiger partial charge in [-0.1, -0.05) is 73.5 Å². The van der Waals surface area contributed by atoms with Crippen LogP contribution in [0.2, 0.25) is 5.02 Å². The number of nitriles is 1. The summed E-state index contributed by atoms with van der Waals surface area (Å²) in [6, 6.07) is 20.8. The number of carbonyl (C=O) groups excluding carboxylic acids is 1. The fourth-order valence-electron chi connectivity index (χ4n) is 3.04. The molecule has 1 N–H and O–H groups in total. The van der Waals surface area contributed by atoms with E-state index in [1.54, 1.807) is 12.1 Å². The molecule has 1 amide bonds. The molecule has 5 heteroatoms. The van der Waals surface area contributed by atoms with E-state index in [4.69, 9.17) is 11.6 Å². The smallest absolute Gasteiger partial charge is 0.262 e. The van der Waals surface area contributed by atoms with Crippen LogP contribution in [0.25, 0.3) is 17.0 Å². The number of pyridine rings is 1. The number of halogens is 1. The number of carbonyl (C=O) groups is 1. The van der Waals surface area contributed by atoms with Crippen LogP contribution in [0.1, 0.15) is 37.1 Å². The van der Waals surface area contributed by atoms with Crippen LogP contribution in [0.3, 0.4) is 0 Å². The molecule has 0 unspecified atom stereocenters. The van der Waals surface area contributed by atoms with E-state index in [1.807, 2.05) is 54.6 Å². The molecule has 1 atom stereocenters. The van der Waals surface area contributed by atoms with Crippen molar-refractivity contribution in [3.63, 3.8) is 0 Å². The van der Waals surface area contributed by atoms with Crippen molar-refractivity contribution in [2.24, 2.45) is 0 Å². The molecule has 1 aromatic heterocycles. The molecular formula is C23H20ClN3O. The lowest BCUT2D eigenvalue weighted by molar-refractivity contribution is -0.117. The molecule has 3 aromatic rings. The molecule has 0 saturated carbocycles. The van der Waals surface area contributed by atoms with Crippen molar-refractivity contribution >= 4 is 34.5 Å². The van der Waals surface area contributed by atoms with Crippen LogP contribution in [-0.4, -0.2) is 10.9 Å². The zero-order chi connectivity index (χ0) is 19.9. The van der Waals surface area contributed by atoms with Gasteiger partial charge in [-0.3, -0.25) is 4.79 Å². The van der Waals surface area contributed by atoms with Gasteiger partial charge in [0.1, 0.15) is 11.6 Å². The van der Waals surface area contributed by atoms with Gasteiger partial charge in [-0.25, -0.2) is 4.98 Å². The first-order valence-electron chi connectivity index (χ1n) is 9.15. The first kappa shape index (κ1) is 19.6. The lowest BCUT2D eigenvalue weighted by atomic mass is 10.0. The Morgan fingerprint density at radius 1 is 1.18 bits per heavy atom. The molecule has 140 valence electrons. The molecule has 0 radical (unpaired) electrons. The zero-order valence-corrected chi connectivity index (χ0v) is 16.3. The van der Waals surface area contributed by atoms with Crippen LogP contribution in [0.15, 0.2) is 66.2 Å². The maximum Gasteiger partial charge on any atom is 0.262 e. The summed E-state index contributed by atoms with van der Waals surface area (Å²) in [5.74, 6) is -0.411. The second-order valence-electron chi connectivity index (χ2n) is 6.44. The standard InChI is InChI=1S/C23H20ClN3O/c1-2-7-21(16-8-4-3-5-9-16)27-23(28)18(15-25)14-19-13-12-17-10-6-11-20(24)22(17)26-19/h3-6,8-14,21H,2,7H2,1H3,(H,27,28)/t21-/m0/s1. The molecule has 0 spiro atoms. The molecule has 3 rings (SSSR count). The fourth-order valence-corrected chi connectivity index (χ4v) is 3.26. The van der Waals surface area contributed by atoms with E-state index in [2.05, 4.69) is 17.2 Å². The van der Waals surface area contributed by atoms with Gasteiger partial charge in [-0.05, 0) is 30.2 Å². The van der Waals surface area contributed by atoms with Crippen molar-refractivity contribution in [3.8, 4) is 6.07 Å². The average molecular weight is 390 g/mol. The Morgan fingerprint density at radius 3 is 2.68 bits per heavy atom. The van der Waals surface area contributed by atoms with Crippen LogP contribution < -0.4 is 5.32 Å². The number of amides is 1. The Bertz CT molecular complexity index is 1050. The van der Waals surface area contributed by atoms with Gasteiger partial charge in [0.2, 0.25) is 0 Å². The van der Waals surface area contributed by atoms with Crippen molar-refractivity contribution in [3.05, 3.63) is 82.5 Å². The van der Waals surface area contributed by atoms with Crippen LogP contribution in [0, 0.1) is 11.3 Å². The summed E-state index contributed by atoms with van der Waals surface area (Å²) < 4.78 is 0. The third-order valence-corrected chi connectivity index (χ3v) is 4.74. The summed E-state index contributed by atoms with van der Waals surface area (Å²) in [5.41, 5.74) is 2.18. The second-order valence-corrected chi connectivity index (χ2v) is 6.85. The predicted octanol–water partition coefficient (Wildman–Crippen LogP) is 5.45. The molecule has 0 aliphatic carbocycles. The first-order valence-corrected chi connectivity index (χ1v) is 9.53. The predicted molar refractivity (Wildman–Crippen MR) is 113 cm³/mol. The van der Waals surface area contributed by atoms with Crippen molar-refractivity contribution in [2.75, 3.05) is 0 Å². The highest BCUT2D eigenvalue weighted by atomic mass is 35.5. The van der Waals surface area contributed by atoms with Gasteiger partial charge in [0, 0.05) is 5.39 Å². The quantitative estimate of drug-likeness (QED) is 0.450. The number of fused-ring (bicyclic) bond motifs is 1. The molecule has 0 fully saturated rings. The van der Waals surface area contributed by atoms with Gasteiger partial charge in [-0.2, -0.15) is 5.26 Å². The van der Waals surface area contributed by atoms with Crippen LogP contribution >= 0.6 is 11.6 Å². The average Bonchev–Trinajstić information content (AvgIpc) is 2.72. The van der Waals surface area contributed by atoms with E-state index >= 15 is 0 Å². The molecule has 1 heterocycles. The van der Waals surface area contributed by atoms with E-state index in [0.29, 0.717) is 16.2 Å². The van der Waals surface area contributed by atoms with Crippen LogP contribution in [-0.2, 0) is 4.79 Å². The van der Waals surface area contributed by atoms with E-state index in [-0.39, 0.29) is 11.6 Å². The number of hydrogen-bond donors (Lipinski definition) is 1. The van der Waals surface area contributed by atoms with Gasteiger partial charge in [0.05, 0.1) is 22.3 Å². The molecular weight excluding hydrogens is 370 g/mol. The molecule has 0 saturated heterocycles. The number of nitrogens with zero attached hydrogens (tertiary/aromatic N) is 2. The maximum atomic E-state index is 12.7. The lowest BCUT2D eigenvalue weighted by Crippen LogP contribution is -2.29. The summed E-state index contributed by atoms with van der Waals surface area (Å²) in [5, 5.41) is 13.9. The van der Waals surface area contributed by atoms with E-state index in [1.165, 1.54) is 6.08 Å². The number of hydrogen-bond acceptors (Lipinski definition) is 3. The van der Waals surface area contributed by atoms with Gasteiger partial charge < -0.3 is 5.32 Å². The van der Waals surface area contributed by atoms with E-state index < -0.39 is 5.91 Å². The van der Waals surface area contributed by atoms with E-state index in [9.17, 15) is 10.1 Å².